The Hall–Kier alpha value is -2.74. The number of alkyl halides is 3. The van der Waals surface area contributed by atoms with Crippen LogP contribution in [0.15, 0.2) is 41.4 Å². The number of aryl methyl sites for hydroxylation is 1. The zero-order valence-electron chi connectivity index (χ0n) is 16.1. The van der Waals surface area contributed by atoms with Gasteiger partial charge in [-0.15, -0.1) is 13.2 Å². The van der Waals surface area contributed by atoms with Crippen molar-refractivity contribution >= 4 is 29.4 Å². The summed E-state index contributed by atoms with van der Waals surface area (Å²) >= 11 is 6.23. The van der Waals surface area contributed by atoms with E-state index in [1.807, 2.05) is 18.9 Å². The molecule has 0 radical (unpaired) electrons. The fraction of sp³-hybridized carbons (Fsp3) is 0.300. The van der Waals surface area contributed by atoms with Gasteiger partial charge in [-0.3, -0.25) is 4.79 Å². The number of rotatable bonds is 8. The first-order valence-electron chi connectivity index (χ1n) is 8.65. The summed E-state index contributed by atoms with van der Waals surface area (Å²) in [6.07, 6.45) is -3.12. The van der Waals surface area contributed by atoms with E-state index in [2.05, 4.69) is 9.73 Å². The largest absolute Gasteiger partial charge is 0.573 e. The Bertz CT molecular complexity index is 884. The number of ketones is 1. The first kappa shape index (κ1) is 22.5. The number of ether oxygens (including phenoxy) is 2. The number of carbonyl (C=O) groups is 1. The van der Waals surface area contributed by atoms with E-state index in [4.69, 9.17) is 16.3 Å². The van der Waals surface area contributed by atoms with E-state index in [0.29, 0.717) is 21.8 Å². The maximum Gasteiger partial charge on any atom is 0.573 e. The van der Waals surface area contributed by atoms with Crippen molar-refractivity contribution in [2.45, 2.75) is 20.2 Å². The molecule has 0 spiro atoms. The maximum atomic E-state index is 12.5. The Morgan fingerprint density at radius 1 is 1.21 bits per heavy atom. The molecule has 0 aliphatic rings. The molecule has 0 unspecified atom stereocenters. The van der Waals surface area contributed by atoms with Crippen LogP contribution in [0.1, 0.15) is 22.8 Å². The predicted octanol–water partition coefficient (Wildman–Crippen LogP) is 5.42. The molecule has 0 saturated carbocycles. The van der Waals surface area contributed by atoms with Crippen molar-refractivity contribution in [1.29, 1.82) is 0 Å². The molecule has 5 nitrogen and oxygen atoms in total. The summed E-state index contributed by atoms with van der Waals surface area (Å²) in [5, 5.41) is 0.327. The Morgan fingerprint density at radius 2 is 1.83 bits per heavy atom. The van der Waals surface area contributed by atoms with Gasteiger partial charge in [0.05, 0.1) is 17.0 Å². The highest BCUT2D eigenvalue weighted by atomic mass is 35.5. The number of halogens is 4. The SMILES string of the molecule is CCN(C)C=Nc1cc(C)c(C(=O)COc2ccc(OC(F)(F)F)cc2)cc1Cl. The minimum absolute atomic E-state index is 0.237. The summed E-state index contributed by atoms with van der Waals surface area (Å²) in [5.74, 6) is -0.453. The van der Waals surface area contributed by atoms with E-state index in [9.17, 15) is 18.0 Å². The number of nitrogens with zero attached hydrogens (tertiary/aromatic N) is 2. The van der Waals surface area contributed by atoms with Crippen LogP contribution in [0, 0.1) is 6.92 Å². The highest BCUT2D eigenvalue weighted by molar-refractivity contribution is 6.33. The van der Waals surface area contributed by atoms with Gasteiger partial charge in [-0.25, -0.2) is 4.99 Å². The van der Waals surface area contributed by atoms with Crippen LogP contribution in [-0.2, 0) is 0 Å². The maximum absolute atomic E-state index is 12.5. The molecule has 2 aromatic rings. The van der Waals surface area contributed by atoms with E-state index in [-0.39, 0.29) is 23.9 Å². The van der Waals surface area contributed by atoms with Crippen LogP contribution < -0.4 is 9.47 Å². The zero-order chi connectivity index (χ0) is 21.6. The van der Waals surface area contributed by atoms with E-state index in [0.717, 1.165) is 18.7 Å². The smallest absolute Gasteiger partial charge is 0.485 e. The van der Waals surface area contributed by atoms with Crippen LogP contribution >= 0.6 is 11.6 Å². The standard InChI is InChI=1S/C20H20ClF3N2O3/c1-4-26(3)12-25-18-9-13(2)16(10-17(18)21)19(27)11-28-14-5-7-15(8-6-14)29-20(22,23)24/h5-10,12H,4,11H2,1-3H3. The van der Waals surface area contributed by atoms with Crippen LogP contribution in [0.3, 0.4) is 0 Å². The number of aliphatic imine (C=N–C) groups is 1. The Morgan fingerprint density at radius 3 is 2.41 bits per heavy atom. The molecular weight excluding hydrogens is 409 g/mol. The summed E-state index contributed by atoms with van der Waals surface area (Å²) < 4.78 is 45.6. The first-order chi connectivity index (χ1) is 13.6. The van der Waals surface area contributed by atoms with Crippen LogP contribution in [0.5, 0.6) is 11.5 Å². The van der Waals surface area contributed by atoms with Gasteiger partial charge in [-0.2, -0.15) is 0 Å². The van der Waals surface area contributed by atoms with Gasteiger partial charge in [0.1, 0.15) is 11.5 Å². The molecule has 0 saturated heterocycles. The van der Waals surface area contributed by atoms with Crippen LogP contribution in [0.2, 0.25) is 5.02 Å². The molecule has 0 atom stereocenters. The molecule has 29 heavy (non-hydrogen) atoms. The highest BCUT2D eigenvalue weighted by Crippen LogP contribution is 2.29. The molecule has 0 aliphatic carbocycles. The van der Waals surface area contributed by atoms with Gasteiger partial charge >= 0.3 is 6.36 Å². The number of hydrogen-bond donors (Lipinski definition) is 0. The molecule has 156 valence electrons. The summed E-state index contributed by atoms with van der Waals surface area (Å²) in [7, 11) is 1.88. The molecule has 9 heteroatoms. The third-order valence-corrected chi connectivity index (χ3v) is 4.22. The number of carbonyl (C=O) groups excluding carboxylic acids is 1. The second kappa shape index (κ2) is 9.65. The first-order valence-corrected chi connectivity index (χ1v) is 9.03. The fourth-order valence-electron chi connectivity index (χ4n) is 2.27. The molecule has 0 aromatic heterocycles. The topological polar surface area (TPSA) is 51.1 Å². The van der Waals surface area contributed by atoms with Crippen molar-refractivity contribution in [3.8, 4) is 11.5 Å². The molecular formula is C20H20ClF3N2O3. The Labute approximate surface area is 171 Å². The summed E-state index contributed by atoms with van der Waals surface area (Å²) in [6, 6.07) is 8.03. The normalized spacial score (nSPS) is 11.6. The van der Waals surface area contributed by atoms with Crippen LogP contribution in [0.25, 0.3) is 0 Å². The van der Waals surface area contributed by atoms with Gasteiger partial charge in [0.25, 0.3) is 0 Å². The van der Waals surface area contributed by atoms with E-state index >= 15 is 0 Å². The molecule has 0 aliphatic heterocycles. The highest BCUT2D eigenvalue weighted by Gasteiger charge is 2.31. The van der Waals surface area contributed by atoms with Crippen LogP contribution in [0.4, 0.5) is 18.9 Å². The number of benzene rings is 2. The monoisotopic (exact) mass is 428 g/mol. The molecule has 0 fully saturated rings. The van der Waals surface area contributed by atoms with Gasteiger partial charge in [-0.1, -0.05) is 11.6 Å². The Kier molecular flexibility index (Phi) is 7.50. The third-order valence-electron chi connectivity index (χ3n) is 3.91. The lowest BCUT2D eigenvalue weighted by molar-refractivity contribution is -0.274. The van der Waals surface area contributed by atoms with Crippen molar-refractivity contribution in [2.24, 2.45) is 4.99 Å². The van der Waals surface area contributed by atoms with Crippen molar-refractivity contribution in [3.63, 3.8) is 0 Å². The average Bonchev–Trinajstić information content (AvgIpc) is 2.66. The lowest BCUT2D eigenvalue weighted by atomic mass is 10.0. The predicted molar refractivity (Wildman–Crippen MR) is 106 cm³/mol. The average molecular weight is 429 g/mol. The molecule has 2 aromatic carbocycles. The van der Waals surface area contributed by atoms with E-state index < -0.39 is 6.36 Å². The van der Waals surface area contributed by atoms with Gasteiger partial charge in [0, 0.05) is 19.2 Å². The molecule has 0 bridgehead atoms. The van der Waals surface area contributed by atoms with Crippen molar-refractivity contribution in [1.82, 2.24) is 4.90 Å². The second-order valence-corrected chi connectivity index (χ2v) is 6.57. The molecule has 0 heterocycles. The summed E-state index contributed by atoms with van der Waals surface area (Å²) in [6.45, 7) is 4.24. The van der Waals surface area contributed by atoms with Crippen molar-refractivity contribution in [3.05, 3.63) is 52.5 Å². The van der Waals surface area contributed by atoms with Gasteiger partial charge in [-0.05, 0) is 55.8 Å². The minimum atomic E-state index is -4.77. The number of Topliss-reactive ketones (excluding diaryl/α,β-unsaturated/α-hetero) is 1. The zero-order valence-corrected chi connectivity index (χ0v) is 16.8. The molecule has 2 rings (SSSR count). The summed E-state index contributed by atoms with van der Waals surface area (Å²) in [4.78, 5) is 18.6. The molecule has 0 N–H and O–H groups in total. The second-order valence-electron chi connectivity index (χ2n) is 6.17. The van der Waals surface area contributed by atoms with Crippen molar-refractivity contribution in [2.75, 3.05) is 20.2 Å². The van der Waals surface area contributed by atoms with E-state index in [1.54, 1.807) is 19.3 Å². The third kappa shape index (κ3) is 6.98. The fourth-order valence-corrected chi connectivity index (χ4v) is 2.48. The lowest BCUT2D eigenvalue weighted by Crippen LogP contribution is -2.17. The Balaban J connectivity index is 2.03. The van der Waals surface area contributed by atoms with Gasteiger partial charge in [0.15, 0.2) is 6.61 Å². The van der Waals surface area contributed by atoms with Crippen molar-refractivity contribution < 1.29 is 27.4 Å². The van der Waals surface area contributed by atoms with E-state index in [1.165, 1.54) is 18.2 Å². The summed E-state index contributed by atoms with van der Waals surface area (Å²) in [5.41, 5.74) is 1.61. The number of hydrogen-bond acceptors (Lipinski definition) is 4. The van der Waals surface area contributed by atoms with Gasteiger partial charge in [0.2, 0.25) is 5.78 Å². The van der Waals surface area contributed by atoms with Gasteiger partial charge < -0.3 is 14.4 Å². The lowest BCUT2D eigenvalue weighted by Gasteiger charge is -2.12. The van der Waals surface area contributed by atoms with Crippen LogP contribution in [-0.4, -0.2) is 43.6 Å². The minimum Gasteiger partial charge on any atom is -0.485 e. The quantitative estimate of drug-likeness (QED) is 0.320. The molecule has 0 amide bonds.